The third-order valence-corrected chi connectivity index (χ3v) is 1.04. The molecule has 0 amide bonds. The first-order chi connectivity index (χ1) is 5.74. The Bertz CT molecular complexity index is 354. The van der Waals surface area contributed by atoms with Gasteiger partial charge in [-0.1, -0.05) is 0 Å². The molecule has 1 heterocycles. The summed E-state index contributed by atoms with van der Waals surface area (Å²) >= 11 is 0. The minimum Gasteiger partial charge on any atom is -0.471 e. The molecule has 0 aliphatic heterocycles. The fourth-order valence-electron chi connectivity index (χ4n) is 0.590. The molecule has 7 heteroatoms. The molecule has 0 radical (unpaired) electrons. The van der Waals surface area contributed by atoms with E-state index < -0.39 is 11.2 Å². The van der Waals surface area contributed by atoms with Crippen molar-refractivity contribution in [1.82, 2.24) is 15.2 Å². The molecular weight excluding hydrogens is 164 g/mol. The highest BCUT2D eigenvalue weighted by Gasteiger charge is 2.00. The number of H-pyrrole nitrogens is 2. The van der Waals surface area contributed by atoms with Gasteiger partial charge in [0.05, 0.1) is 0 Å². The maximum Gasteiger partial charge on any atom is 0.342 e. The summed E-state index contributed by atoms with van der Waals surface area (Å²) < 4.78 is 4.79. The summed E-state index contributed by atoms with van der Waals surface area (Å²) in [7, 11) is 0. The molecule has 1 aromatic heterocycles. The topological polar surface area (TPSA) is 114 Å². The zero-order valence-electron chi connectivity index (χ0n) is 6.16. The van der Waals surface area contributed by atoms with Crippen molar-refractivity contribution < 1.29 is 4.74 Å². The first-order valence-electron chi connectivity index (χ1n) is 3.26. The first kappa shape index (κ1) is 8.47. The fourth-order valence-corrected chi connectivity index (χ4v) is 0.590. The van der Waals surface area contributed by atoms with Crippen LogP contribution in [0.25, 0.3) is 0 Å². The lowest BCUT2D eigenvalue weighted by Gasteiger charge is -1.98. The summed E-state index contributed by atoms with van der Waals surface area (Å²) in [6.45, 7) is 0.461. The molecule has 0 aliphatic rings. The molecule has 4 N–H and O–H groups in total. The molecule has 12 heavy (non-hydrogen) atoms. The van der Waals surface area contributed by atoms with Gasteiger partial charge in [-0.05, 0) is 0 Å². The van der Waals surface area contributed by atoms with Crippen molar-refractivity contribution in [1.29, 1.82) is 0 Å². The van der Waals surface area contributed by atoms with Crippen LogP contribution < -0.4 is 21.7 Å². The second-order valence-electron chi connectivity index (χ2n) is 1.95. The Kier molecular flexibility index (Phi) is 2.59. The highest BCUT2D eigenvalue weighted by atomic mass is 16.5. The van der Waals surface area contributed by atoms with E-state index in [1.807, 2.05) is 10.1 Å². The fraction of sp³-hybridized carbons (Fsp3) is 0.400. The van der Waals surface area contributed by atoms with Gasteiger partial charge in [-0.25, -0.2) is 9.89 Å². The van der Waals surface area contributed by atoms with Crippen LogP contribution in [-0.4, -0.2) is 28.3 Å². The summed E-state index contributed by atoms with van der Waals surface area (Å²) in [5.74, 6) is -0.181. The lowest BCUT2D eigenvalue weighted by atomic mass is 10.7. The van der Waals surface area contributed by atoms with Crippen LogP contribution >= 0.6 is 0 Å². The molecule has 0 spiro atoms. The zero-order chi connectivity index (χ0) is 8.97. The van der Waals surface area contributed by atoms with E-state index in [1.54, 1.807) is 0 Å². The molecule has 0 atom stereocenters. The van der Waals surface area contributed by atoms with Gasteiger partial charge in [0, 0.05) is 6.54 Å². The van der Waals surface area contributed by atoms with Crippen molar-refractivity contribution in [2.45, 2.75) is 0 Å². The largest absolute Gasteiger partial charge is 0.471 e. The number of nitrogens with one attached hydrogen (secondary N) is 2. The summed E-state index contributed by atoms with van der Waals surface area (Å²) in [6, 6.07) is 0. The highest BCUT2D eigenvalue weighted by Crippen LogP contribution is 1.87. The number of aromatic nitrogens is 3. The molecule has 66 valence electrons. The van der Waals surface area contributed by atoms with Crippen molar-refractivity contribution >= 4 is 0 Å². The molecule has 0 saturated carbocycles. The Morgan fingerprint density at radius 3 is 2.83 bits per heavy atom. The molecule has 0 aliphatic carbocycles. The van der Waals surface area contributed by atoms with Crippen LogP contribution in [-0.2, 0) is 0 Å². The predicted molar refractivity (Wildman–Crippen MR) is 40.0 cm³/mol. The Morgan fingerprint density at radius 1 is 1.50 bits per heavy atom. The van der Waals surface area contributed by atoms with E-state index in [4.69, 9.17) is 10.5 Å². The SMILES string of the molecule is NCCOc1n[nH]c(=O)[nH]c1=O. The number of rotatable bonds is 3. The number of aromatic amines is 2. The van der Waals surface area contributed by atoms with Gasteiger partial charge in [-0.15, -0.1) is 5.10 Å². The lowest BCUT2D eigenvalue weighted by Crippen LogP contribution is -2.26. The number of hydrogen-bond donors (Lipinski definition) is 3. The van der Waals surface area contributed by atoms with Crippen molar-refractivity contribution in [3.63, 3.8) is 0 Å². The smallest absolute Gasteiger partial charge is 0.342 e. The summed E-state index contributed by atoms with van der Waals surface area (Å²) in [5, 5.41) is 5.38. The van der Waals surface area contributed by atoms with E-state index in [0.29, 0.717) is 0 Å². The number of nitrogens with two attached hydrogens (primary N) is 1. The molecule has 0 bridgehead atoms. The quantitative estimate of drug-likeness (QED) is 0.478. The Hall–Kier alpha value is -1.63. The van der Waals surface area contributed by atoms with Crippen LogP contribution in [0, 0.1) is 0 Å². The third kappa shape index (κ3) is 1.92. The Morgan fingerprint density at radius 2 is 2.25 bits per heavy atom. The highest BCUT2D eigenvalue weighted by molar-refractivity contribution is 4.98. The standard InChI is InChI=1S/C5H8N4O3/c6-1-2-12-4-3(10)7-5(11)9-8-4/h1-2,6H2,(H2,7,9,10,11). The minimum atomic E-state index is -0.667. The Balaban J connectivity index is 2.87. The van der Waals surface area contributed by atoms with Gasteiger partial charge in [-0.2, -0.15) is 0 Å². The number of hydrogen-bond acceptors (Lipinski definition) is 5. The van der Waals surface area contributed by atoms with Crippen LogP contribution in [0.4, 0.5) is 0 Å². The molecule has 1 rings (SSSR count). The molecule has 0 saturated heterocycles. The van der Waals surface area contributed by atoms with E-state index in [9.17, 15) is 9.59 Å². The predicted octanol–water partition coefficient (Wildman–Crippen LogP) is -2.20. The molecule has 7 nitrogen and oxygen atoms in total. The van der Waals surface area contributed by atoms with Crippen LogP contribution in [0.3, 0.4) is 0 Å². The van der Waals surface area contributed by atoms with Crippen molar-refractivity contribution in [2.24, 2.45) is 5.73 Å². The van der Waals surface area contributed by atoms with Crippen LogP contribution in [0.1, 0.15) is 0 Å². The van der Waals surface area contributed by atoms with Gasteiger partial charge in [0.25, 0.3) is 5.88 Å². The molecule has 0 unspecified atom stereocenters. The van der Waals surface area contributed by atoms with Gasteiger partial charge >= 0.3 is 11.2 Å². The molecule has 1 aromatic rings. The summed E-state index contributed by atoms with van der Waals surface area (Å²) in [5.41, 5.74) is 3.79. The van der Waals surface area contributed by atoms with Crippen molar-refractivity contribution in [3.05, 3.63) is 20.8 Å². The average Bonchev–Trinajstić information content (AvgIpc) is 2.03. The van der Waals surface area contributed by atoms with Gasteiger partial charge < -0.3 is 10.5 Å². The van der Waals surface area contributed by atoms with Crippen LogP contribution in [0.5, 0.6) is 5.88 Å². The molecular formula is C5H8N4O3. The third-order valence-electron chi connectivity index (χ3n) is 1.04. The minimum absolute atomic E-state index is 0.181. The average molecular weight is 172 g/mol. The molecule has 0 fully saturated rings. The normalized spacial score (nSPS) is 9.75. The van der Waals surface area contributed by atoms with Gasteiger partial charge in [0.2, 0.25) is 0 Å². The van der Waals surface area contributed by atoms with E-state index in [2.05, 4.69) is 5.10 Å². The lowest BCUT2D eigenvalue weighted by molar-refractivity contribution is 0.305. The van der Waals surface area contributed by atoms with E-state index in [0.717, 1.165) is 0 Å². The number of ether oxygens (including phenoxy) is 1. The maximum absolute atomic E-state index is 10.8. The summed E-state index contributed by atoms with van der Waals surface area (Å²) in [6.07, 6.45) is 0. The number of nitrogens with zero attached hydrogens (tertiary/aromatic N) is 1. The van der Waals surface area contributed by atoms with Crippen molar-refractivity contribution in [3.8, 4) is 5.88 Å². The molecule has 0 aromatic carbocycles. The summed E-state index contributed by atoms with van der Waals surface area (Å²) in [4.78, 5) is 23.3. The second-order valence-corrected chi connectivity index (χ2v) is 1.95. The van der Waals surface area contributed by atoms with Crippen molar-refractivity contribution in [2.75, 3.05) is 13.2 Å². The van der Waals surface area contributed by atoms with E-state index >= 15 is 0 Å². The maximum atomic E-state index is 10.8. The monoisotopic (exact) mass is 172 g/mol. The van der Waals surface area contributed by atoms with Gasteiger partial charge in [0.15, 0.2) is 0 Å². The van der Waals surface area contributed by atoms with Gasteiger partial charge in [0.1, 0.15) is 6.61 Å². The van der Waals surface area contributed by atoms with E-state index in [1.165, 1.54) is 0 Å². The first-order valence-corrected chi connectivity index (χ1v) is 3.26. The van der Waals surface area contributed by atoms with E-state index in [-0.39, 0.29) is 19.0 Å². The zero-order valence-corrected chi connectivity index (χ0v) is 6.16. The van der Waals surface area contributed by atoms with Crippen LogP contribution in [0.2, 0.25) is 0 Å². The van der Waals surface area contributed by atoms with Gasteiger partial charge in [-0.3, -0.25) is 9.78 Å². The van der Waals surface area contributed by atoms with Crippen LogP contribution in [0.15, 0.2) is 9.59 Å². The second kappa shape index (κ2) is 3.67. The Labute approximate surface area is 66.6 Å².